The minimum absolute atomic E-state index is 0.217. The first-order chi connectivity index (χ1) is 16.4. The maximum absolute atomic E-state index is 12.9. The van der Waals surface area contributed by atoms with Crippen molar-refractivity contribution in [3.63, 3.8) is 0 Å². The molecule has 0 aliphatic carbocycles. The van der Waals surface area contributed by atoms with Crippen LogP contribution in [0.4, 0.5) is 5.69 Å². The van der Waals surface area contributed by atoms with Gasteiger partial charge < -0.3 is 14.8 Å². The van der Waals surface area contributed by atoms with Crippen molar-refractivity contribution in [1.29, 1.82) is 0 Å². The van der Waals surface area contributed by atoms with Crippen LogP contribution >= 0.6 is 0 Å². The molecule has 0 saturated carbocycles. The van der Waals surface area contributed by atoms with E-state index in [2.05, 4.69) is 35.5 Å². The summed E-state index contributed by atoms with van der Waals surface area (Å²) in [5, 5.41) is 7.31. The van der Waals surface area contributed by atoms with Crippen LogP contribution in [0.1, 0.15) is 38.2 Å². The Hall–Kier alpha value is -4.06. The maximum atomic E-state index is 12.9. The molecule has 0 aliphatic rings. The van der Waals surface area contributed by atoms with Gasteiger partial charge in [0.2, 0.25) is 0 Å². The highest BCUT2D eigenvalue weighted by molar-refractivity contribution is 6.04. The quantitative estimate of drug-likeness (QED) is 0.370. The van der Waals surface area contributed by atoms with Crippen LogP contribution < -0.4 is 14.8 Å². The van der Waals surface area contributed by atoms with E-state index in [4.69, 9.17) is 9.47 Å². The molecule has 0 atom stereocenters. The fraction of sp³-hybridized carbons (Fsp3) is 0.214. The zero-order valence-corrected chi connectivity index (χ0v) is 20.0. The van der Waals surface area contributed by atoms with E-state index in [0.29, 0.717) is 30.2 Å². The van der Waals surface area contributed by atoms with Crippen molar-refractivity contribution in [2.24, 2.45) is 0 Å². The summed E-state index contributed by atoms with van der Waals surface area (Å²) in [7, 11) is 1.61. The number of anilines is 1. The lowest BCUT2D eigenvalue weighted by Crippen LogP contribution is -2.12. The number of nitrogens with one attached hydrogen (secondary N) is 1. The first-order valence-electron chi connectivity index (χ1n) is 11.2. The van der Waals surface area contributed by atoms with E-state index in [0.717, 1.165) is 22.4 Å². The molecule has 0 saturated heterocycles. The summed E-state index contributed by atoms with van der Waals surface area (Å²) in [6.07, 6.45) is 3.49. The Labute approximate surface area is 200 Å². The van der Waals surface area contributed by atoms with Gasteiger partial charge in [0, 0.05) is 17.3 Å². The van der Waals surface area contributed by atoms with Gasteiger partial charge in [-0.3, -0.25) is 9.48 Å². The Morgan fingerprint density at radius 1 is 0.941 bits per heavy atom. The molecule has 4 rings (SSSR count). The second kappa shape index (κ2) is 10.3. The number of ether oxygens (including phenoxy) is 2. The molecular weight excluding hydrogens is 426 g/mol. The molecule has 3 aromatic carbocycles. The van der Waals surface area contributed by atoms with E-state index in [1.54, 1.807) is 31.5 Å². The first kappa shape index (κ1) is 23.1. The largest absolute Gasteiger partial charge is 0.496 e. The molecule has 1 amide bonds. The fourth-order valence-corrected chi connectivity index (χ4v) is 3.73. The topological polar surface area (TPSA) is 65.4 Å². The number of aromatic nitrogens is 2. The minimum atomic E-state index is -0.217. The summed E-state index contributed by atoms with van der Waals surface area (Å²) in [6.45, 7) is 7.05. The molecule has 1 heterocycles. The van der Waals surface area contributed by atoms with Gasteiger partial charge in [0.25, 0.3) is 5.91 Å². The molecule has 0 radical (unpaired) electrons. The average molecular weight is 456 g/mol. The summed E-state index contributed by atoms with van der Waals surface area (Å²) >= 11 is 0. The maximum Gasteiger partial charge on any atom is 0.255 e. The molecular formula is C28H29N3O3. The van der Waals surface area contributed by atoms with Gasteiger partial charge in [-0.05, 0) is 67.3 Å². The van der Waals surface area contributed by atoms with Crippen molar-refractivity contribution in [2.75, 3.05) is 12.4 Å². The van der Waals surface area contributed by atoms with Crippen molar-refractivity contribution >= 4 is 11.6 Å². The Balaban J connectivity index is 1.46. The SMILES string of the molecule is COc1ccc(C(=O)Nc2cnn(Cc3ccccc3C)c2)cc1COc1cc(C)ccc1C. The van der Waals surface area contributed by atoms with Gasteiger partial charge in [-0.25, -0.2) is 0 Å². The van der Waals surface area contributed by atoms with Gasteiger partial charge in [-0.1, -0.05) is 36.4 Å². The fourth-order valence-electron chi connectivity index (χ4n) is 3.73. The second-order valence-electron chi connectivity index (χ2n) is 8.39. The Morgan fingerprint density at radius 3 is 2.56 bits per heavy atom. The summed E-state index contributed by atoms with van der Waals surface area (Å²) < 4.78 is 13.3. The number of hydrogen-bond acceptors (Lipinski definition) is 4. The first-order valence-corrected chi connectivity index (χ1v) is 11.2. The standard InChI is InChI=1S/C28H29N3O3/c1-19-9-10-21(3)27(13-19)34-18-24-14-22(11-12-26(24)33-4)28(32)30-25-15-29-31(17-25)16-23-8-6-5-7-20(23)2/h5-15,17H,16,18H2,1-4H3,(H,30,32). The molecule has 0 spiro atoms. The Morgan fingerprint density at radius 2 is 1.76 bits per heavy atom. The molecule has 0 fully saturated rings. The van der Waals surface area contributed by atoms with Crippen LogP contribution in [-0.2, 0) is 13.2 Å². The van der Waals surface area contributed by atoms with Crippen LogP contribution in [0.15, 0.2) is 73.1 Å². The smallest absolute Gasteiger partial charge is 0.255 e. The molecule has 174 valence electrons. The third kappa shape index (κ3) is 5.46. The van der Waals surface area contributed by atoms with E-state index < -0.39 is 0 Å². The molecule has 1 N–H and O–H groups in total. The van der Waals surface area contributed by atoms with E-state index in [1.165, 1.54) is 11.1 Å². The molecule has 6 nitrogen and oxygen atoms in total. The summed E-state index contributed by atoms with van der Waals surface area (Å²) in [6, 6.07) is 19.6. The number of aryl methyl sites for hydroxylation is 3. The molecule has 0 bridgehead atoms. The summed E-state index contributed by atoms with van der Waals surface area (Å²) in [5.74, 6) is 1.27. The highest BCUT2D eigenvalue weighted by Crippen LogP contribution is 2.25. The van der Waals surface area contributed by atoms with E-state index in [9.17, 15) is 4.79 Å². The molecule has 34 heavy (non-hydrogen) atoms. The van der Waals surface area contributed by atoms with E-state index >= 15 is 0 Å². The van der Waals surface area contributed by atoms with E-state index in [-0.39, 0.29) is 5.91 Å². The van der Waals surface area contributed by atoms with Crippen molar-refractivity contribution in [1.82, 2.24) is 9.78 Å². The van der Waals surface area contributed by atoms with Crippen LogP contribution in [0.25, 0.3) is 0 Å². The van der Waals surface area contributed by atoms with Crippen LogP contribution in [0, 0.1) is 20.8 Å². The van der Waals surface area contributed by atoms with Crippen molar-refractivity contribution in [2.45, 2.75) is 33.9 Å². The predicted molar refractivity (Wildman–Crippen MR) is 134 cm³/mol. The van der Waals surface area contributed by atoms with Gasteiger partial charge >= 0.3 is 0 Å². The molecule has 6 heteroatoms. The van der Waals surface area contributed by atoms with Crippen LogP contribution in [0.5, 0.6) is 11.5 Å². The summed E-state index contributed by atoms with van der Waals surface area (Å²) in [5.41, 5.74) is 6.54. The Bertz CT molecular complexity index is 1310. The number of methoxy groups -OCH3 is 1. The van der Waals surface area contributed by atoms with Crippen LogP contribution in [-0.4, -0.2) is 22.8 Å². The van der Waals surface area contributed by atoms with Crippen molar-refractivity contribution in [3.8, 4) is 11.5 Å². The van der Waals surface area contributed by atoms with Gasteiger partial charge in [-0.2, -0.15) is 5.10 Å². The van der Waals surface area contributed by atoms with Crippen LogP contribution in [0.2, 0.25) is 0 Å². The number of nitrogens with zero attached hydrogens (tertiary/aromatic N) is 2. The third-order valence-electron chi connectivity index (χ3n) is 5.75. The number of rotatable bonds is 8. The highest BCUT2D eigenvalue weighted by atomic mass is 16.5. The number of hydrogen-bond donors (Lipinski definition) is 1. The zero-order chi connectivity index (χ0) is 24.1. The van der Waals surface area contributed by atoms with Gasteiger partial charge in [0.1, 0.15) is 18.1 Å². The number of benzene rings is 3. The molecule has 1 aromatic heterocycles. The normalized spacial score (nSPS) is 10.7. The number of carbonyl (C=O) groups is 1. The lowest BCUT2D eigenvalue weighted by molar-refractivity contribution is 0.102. The molecule has 0 aliphatic heterocycles. The third-order valence-corrected chi connectivity index (χ3v) is 5.75. The predicted octanol–water partition coefficient (Wildman–Crippen LogP) is 5.70. The van der Waals surface area contributed by atoms with Gasteiger partial charge in [-0.15, -0.1) is 0 Å². The monoisotopic (exact) mass is 455 g/mol. The van der Waals surface area contributed by atoms with Crippen molar-refractivity contribution in [3.05, 3.63) is 106 Å². The van der Waals surface area contributed by atoms with Gasteiger partial charge in [0.05, 0.1) is 25.5 Å². The lowest BCUT2D eigenvalue weighted by Gasteiger charge is -2.14. The molecule has 4 aromatic rings. The summed E-state index contributed by atoms with van der Waals surface area (Å²) in [4.78, 5) is 12.9. The van der Waals surface area contributed by atoms with E-state index in [1.807, 2.05) is 49.0 Å². The Kier molecular flexibility index (Phi) is 6.97. The van der Waals surface area contributed by atoms with Gasteiger partial charge in [0.15, 0.2) is 0 Å². The zero-order valence-electron chi connectivity index (χ0n) is 20.0. The van der Waals surface area contributed by atoms with Crippen LogP contribution in [0.3, 0.4) is 0 Å². The van der Waals surface area contributed by atoms with Crippen molar-refractivity contribution < 1.29 is 14.3 Å². The second-order valence-corrected chi connectivity index (χ2v) is 8.39. The lowest BCUT2D eigenvalue weighted by atomic mass is 10.1. The molecule has 0 unspecified atom stereocenters. The minimum Gasteiger partial charge on any atom is -0.496 e. The number of carbonyl (C=O) groups excluding carboxylic acids is 1. The highest BCUT2D eigenvalue weighted by Gasteiger charge is 2.13. The average Bonchev–Trinajstić information content (AvgIpc) is 3.27. The number of amides is 1.